The highest BCUT2D eigenvalue weighted by Crippen LogP contribution is 2.31. The Morgan fingerprint density at radius 3 is 2.50 bits per heavy atom. The maximum absolute atomic E-state index is 11.0. The molecule has 1 rings (SSSR count). The van der Waals surface area contributed by atoms with E-state index in [2.05, 4.69) is 5.32 Å². The Bertz CT molecular complexity index is 425. The molecule has 0 heterocycles. The SMILES string of the molecule is CCC(CC)(CN)Nc1cc(Cl)ccc1[N+](=O)[O-]. The monoisotopic (exact) mass is 271 g/mol. The molecule has 100 valence electrons. The van der Waals surface area contributed by atoms with E-state index in [4.69, 9.17) is 17.3 Å². The molecule has 0 saturated carbocycles. The predicted molar refractivity (Wildman–Crippen MR) is 74.1 cm³/mol. The molecule has 0 spiro atoms. The zero-order valence-electron chi connectivity index (χ0n) is 10.6. The van der Waals surface area contributed by atoms with Gasteiger partial charge in [-0.15, -0.1) is 0 Å². The number of nitrogens with two attached hydrogens (primary N) is 1. The van der Waals surface area contributed by atoms with Crippen LogP contribution in [0.5, 0.6) is 0 Å². The minimum Gasteiger partial charge on any atom is -0.373 e. The van der Waals surface area contributed by atoms with Crippen LogP contribution >= 0.6 is 11.6 Å². The summed E-state index contributed by atoms with van der Waals surface area (Å²) in [7, 11) is 0. The summed E-state index contributed by atoms with van der Waals surface area (Å²) in [6, 6.07) is 4.47. The summed E-state index contributed by atoms with van der Waals surface area (Å²) in [5.41, 5.74) is 5.87. The molecule has 1 aromatic rings. The summed E-state index contributed by atoms with van der Waals surface area (Å²) in [6.07, 6.45) is 1.56. The van der Waals surface area contributed by atoms with Crippen LogP contribution in [0.4, 0.5) is 11.4 Å². The van der Waals surface area contributed by atoms with E-state index >= 15 is 0 Å². The van der Waals surface area contributed by atoms with E-state index in [-0.39, 0.29) is 11.2 Å². The lowest BCUT2D eigenvalue weighted by Crippen LogP contribution is -2.44. The number of anilines is 1. The van der Waals surface area contributed by atoms with Gasteiger partial charge in [-0.1, -0.05) is 25.4 Å². The zero-order chi connectivity index (χ0) is 13.8. The first-order valence-electron chi connectivity index (χ1n) is 5.90. The van der Waals surface area contributed by atoms with E-state index in [1.54, 1.807) is 6.07 Å². The molecule has 0 atom stereocenters. The lowest BCUT2D eigenvalue weighted by Gasteiger charge is -2.32. The highest BCUT2D eigenvalue weighted by molar-refractivity contribution is 6.31. The van der Waals surface area contributed by atoms with Crippen molar-refractivity contribution in [3.05, 3.63) is 33.3 Å². The minimum absolute atomic E-state index is 0.0131. The molecular weight excluding hydrogens is 254 g/mol. The number of nitrogens with one attached hydrogen (secondary N) is 1. The summed E-state index contributed by atoms with van der Waals surface area (Å²) >= 11 is 5.89. The van der Waals surface area contributed by atoms with Crippen molar-refractivity contribution in [3.8, 4) is 0 Å². The maximum atomic E-state index is 11.0. The molecule has 5 nitrogen and oxygen atoms in total. The normalized spacial score (nSPS) is 11.3. The largest absolute Gasteiger partial charge is 0.373 e. The molecule has 0 aliphatic rings. The smallest absolute Gasteiger partial charge is 0.292 e. The number of rotatable bonds is 6. The Kier molecular flexibility index (Phi) is 4.93. The van der Waals surface area contributed by atoms with Gasteiger partial charge < -0.3 is 11.1 Å². The van der Waals surface area contributed by atoms with Crippen LogP contribution in [0.25, 0.3) is 0 Å². The number of benzene rings is 1. The predicted octanol–water partition coefficient (Wildman–Crippen LogP) is 3.18. The first kappa shape index (κ1) is 14.7. The number of nitro benzene ring substituents is 1. The van der Waals surface area contributed by atoms with Gasteiger partial charge in [0, 0.05) is 23.2 Å². The van der Waals surface area contributed by atoms with Crippen LogP contribution in [0, 0.1) is 10.1 Å². The average Bonchev–Trinajstić information content (AvgIpc) is 2.36. The molecule has 0 unspecified atom stereocenters. The topological polar surface area (TPSA) is 81.2 Å². The second kappa shape index (κ2) is 6.02. The van der Waals surface area contributed by atoms with Crippen molar-refractivity contribution in [2.45, 2.75) is 32.2 Å². The minimum atomic E-state index is -0.425. The lowest BCUT2D eigenvalue weighted by atomic mass is 9.92. The Morgan fingerprint density at radius 2 is 2.06 bits per heavy atom. The van der Waals surface area contributed by atoms with Gasteiger partial charge in [0.1, 0.15) is 5.69 Å². The van der Waals surface area contributed by atoms with Gasteiger partial charge in [-0.05, 0) is 25.0 Å². The third-order valence-electron chi connectivity index (χ3n) is 3.30. The molecular formula is C12H18ClN3O2. The number of halogens is 1. The van der Waals surface area contributed by atoms with Gasteiger partial charge in [0.2, 0.25) is 0 Å². The van der Waals surface area contributed by atoms with Crippen LogP contribution in [-0.4, -0.2) is 17.0 Å². The third kappa shape index (κ3) is 3.11. The molecule has 0 bridgehead atoms. The van der Waals surface area contributed by atoms with E-state index in [0.29, 0.717) is 17.3 Å². The molecule has 1 aromatic carbocycles. The lowest BCUT2D eigenvalue weighted by molar-refractivity contribution is -0.384. The highest BCUT2D eigenvalue weighted by atomic mass is 35.5. The van der Waals surface area contributed by atoms with Crippen LogP contribution in [0.1, 0.15) is 26.7 Å². The van der Waals surface area contributed by atoms with Crippen molar-refractivity contribution < 1.29 is 4.92 Å². The second-order valence-electron chi connectivity index (χ2n) is 4.24. The van der Waals surface area contributed by atoms with Crippen molar-refractivity contribution in [1.29, 1.82) is 0 Å². The Hall–Kier alpha value is -1.33. The molecule has 0 fully saturated rings. The molecule has 0 amide bonds. The number of nitro groups is 1. The van der Waals surface area contributed by atoms with Crippen molar-refractivity contribution in [3.63, 3.8) is 0 Å². The number of nitrogens with zero attached hydrogens (tertiary/aromatic N) is 1. The third-order valence-corrected chi connectivity index (χ3v) is 3.53. The van der Waals surface area contributed by atoms with E-state index in [1.807, 2.05) is 13.8 Å². The van der Waals surface area contributed by atoms with Crippen LogP contribution in [0.15, 0.2) is 18.2 Å². The number of hydrogen-bond acceptors (Lipinski definition) is 4. The molecule has 0 aromatic heterocycles. The van der Waals surface area contributed by atoms with Gasteiger partial charge in [-0.3, -0.25) is 10.1 Å². The fraction of sp³-hybridized carbons (Fsp3) is 0.500. The van der Waals surface area contributed by atoms with Crippen LogP contribution in [-0.2, 0) is 0 Å². The number of hydrogen-bond donors (Lipinski definition) is 2. The van der Waals surface area contributed by atoms with Gasteiger partial charge in [-0.25, -0.2) is 0 Å². The molecule has 0 aliphatic carbocycles. The standard InChI is InChI=1S/C12H18ClN3O2/c1-3-12(4-2,8-14)15-10-7-9(13)5-6-11(10)16(17)18/h5-7,15H,3-4,8,14H2,1-2H3. The van der Waals surface area contributed by atoms with E-state index in [9.17, 15) is 10.1 Å². The van der Waals surface area contributed by atoms with Gasteiger partial charge in [0.15, 0.2) is 0 Å². The van der Waals surface area contributed by atoms with Crippen molar-refractivity contribution in [2.75, 3.05) is 11.9 Å². The van der Waals surface area contributed by atoms with Crippen molar-refractivity contribution >= 4 is 23.0 Å². The summed E-state index contributed by atoms with van der Waals surface area (Å²) in [5.74, 6) is 0. The Labute approximate surface area is 111 Å². The fourth-order valence-corrected chi connectivity index (χ4v) is 1.99. The molecule has 0 aliphatic heterocycles. The van der Waals surface area contributed by atoms with Gasteiger partial charge >= 0.3 is 0 Å². The Balaban J connectivity index is 3.16. The molecule has 18 heavy (non-hydrogen) atoms. The molecule has 6 heteroatoms. The average molecular weight is 272 g/mol. The fourth-order valence-electron chi connectivity index (χ4n) is 1.82. The van der Waals surface area contributed by atoms with E-state index in [0.717, 1.165) is 12.8 Å². The van der Waals surface area contributed by atoms with Gasteiger partial charge in [0.05, 0.1) is 4.92 Å². The van der Waals surface area contributed by atoms with Crippen LogP contribution in [0.2, 0.25) is 5.02 Å². The van der Waals surface area contributed by atoms with Gasteiger partial charge in [0.25, 0.3) is 5.69 Å². The maximum Gasteiger partial charge on any atom is 0.292 e. The second-order valence-corrected chi connectivity index (χ2v) is 4.67. The zero-order valence-corrected chi connectivity index (χ0v) is 11.3. The Morgan fingerprint density at radius 1 is 1.44 bits per heavy atom. The van der Waals surface area contributed by atoms with Crippen molar-refractivity contribution in [1.82, 2.24) is 0 Å². The molecule has 0 saturated heterocycles. The van der Waals surface area contributed by atoms with E-state index in [1.165, 1.54) is 12.1 Å². The van der Waals surface area contributed by atoms with Crippen molar-refractivity contribution in [2.24, 2.45) is 5.73 Å². The first-order valence-corrected chi connectivity index (χ1v) is 6.28. The summed E-state index contributed by atoms with van der Waals surface area (Å²) in [5, 5.41) is 14.6. The molecule has 3 N–H and O–H groups in total. The summed E-state index contributed by atoms with van der Waals surface area (Å²) in [4.78, 5) is 10.5. The highest BCUT2D eigenvalue weighted by Gasteiger charge is 2.27. The van der Waals surface area contributed by atoms with Crippen LogP contribution < -0.4 is 11.1 Å². The van der Waals surface area contributed by atoms with Gasteiger partial charge in [-0.2, -0.15) is 0 Å². The summed E-state index contributed by atoms with van der Waals surface area (Å²) in [6.45, 7) is 4.41. The molecule has 0 radical (unpaired) electrons. The quantitative estimate of drug-likeness (QED) is 0.615. The first-order chi connectivity index (χ1) is 8.48. The van der Waals surface area contributed by atoms with Crippen LogP contribution in [0.3, 0.4) is 0 Å². The van der Waals surface area contributed by atoms with E-state index < -0.39 is 4.92 Å². The summed E-state index contributed by atoms with van der Waals surface area (Å²) < 4.78 is 0.